The number of ketones is 1. The molecule has 0 N–H and O–H groups in total. The van der Waals surface area contributed by atoms with Crippen molar-refractivity contribution in [3.05, 3.63) is 68.7 Å². The molecule has 0 radical (unpaired) electrons. The highest BCUT2D eigenvalue weighted by Crippen LogP contribution is 2.42. The standard InChI is InChI=1S/C22H19ClN4O3/c1-3-26-21(29)13-6-4-5-7-15(13)27-18(24-25-22(26)27)11-30-17-9-8-14(23)19-12(2)10-16(28)20(17)19/h4-9,12H,3,10-11H2,1-2H3. The van der Waals surface area contributed by atoms with E-state index in [1.165, 1.54) is 0 Å². The molecule has 0 amide bonds. The van der Waals surface area contributed by atoms with Gasteiger partial charge in [-0.1, -0.05) is 30.7 Å². The molecular formula is C22H19ClN4O3. The Bertz CT molecular complexity index is 1390. The minimum absolute atomic E-state index is 0.0337. The summed E-state index contributed by atoms with van der Waals surface area (Å²) in [6, 6.07) is 10.8. The van der Waals surface area contributed by atoms with Crippen LogP contribution in [0.5, 0.6) is 5.75 Å². The fourth-order valence-corrected chi connectivity index (χ4v) is 4.62. The number of Topliss-reactive ketones (excluding diaryl/α,β-unsaturated/α-hetero) is 1. The highest BCUT2D eigenvalue weighted by molar-refractivity contribution is 6.32. The molecule has 5 rings (SSSR count). The number of aromatic nitrogens is 4. The van der Waals surface area contributed by atoms with Crippen molar-refractivity contribution < 1.29 is 9.53 Å². The average molecular weight is 423 g/mol. The van der Waals surface area contributed by atoms with Gasteiger partial charge in [-0.15, -0.1) is 10.2 Å². The van der Waals surface area contributed by atoms with Crippen molar-refractivity contribution in [2.24, 2.45) is 0 Å². The van der Waals surface area contributed by atoms with E-state index in [1.54, 1.807) is 22.8 Å². The van der Waals surface area contributed by atoms with E-state index in [9.17, 15) is 9.59 Å². The van der Waals surface area contributed by atoms with Crippen molar-refractivity contribution in [3.8, 4) is 5.75 Å². The zero-order valence-electron chi connectivity index (χ0n) is 16.6. The smallest absolute Gasteiger partial charge is 0.262 e. The molecule has 1 aliphatic carbocycles. The molecule has 1 atom stereocenters. The molecule has 1 unspecified atom stereocenters. The summed E-state index contributed by atoms with van der Waals surface area (Å²) in [5.74, 6) is 1.61. The van der Waals surface area contributed by atoms with E-state index in [2.05, 4.69) is 10.2 Å². The number of carbonyl (C=O) groups is 1. The van der Waals surface area contributed by atoms with Crippen molar-refractivity contribution in [1.82, 2.24) is 19.2 Å². The molecule has 7 nitrogen and oxygen atoms in total. The van der Waals surface area contributed by atoms with Gasteiger partial charge in [-0.3, -0.25) is 18.6 Å². The maximum absolute atomic E-state index is 12.8. The van der Waals surface area contributed by atoms with Crippen LogP contribution in [0.1, 0.15) is 47.9 Å². The van der Waals surface area contributed by atoms with Gasteiger partial charge >= 0.3 is 0 Å². The zero-order chi connectivity index (χ0) is 21.0. The number of benzene rings is 2. The number of halogens is 1. The number of carbonyl (C=O) groups excluding carboxylic acids is 1. The number of hydrogen-bond acceptors (Lipinski definition) is 5. The summed E-state index contributed by atoms with van der Waals surface area (Å²) < 4.78 is 9.46. The van der Waals surface area contributed by atoms with Gasteiger partial charge in [0.1, 0.15) is 12.4 Å². The van der Waals surface area contributed by atoms with Gasteiger partial charge in [0.05, 0.1) is 16.5 Å². The van der Waals surface area contributed by atoms with Crippen LogP contribution in [0.3, 0.4) is 0 Å². The van der Waals surface area contributed by atoms with Gasteiger partial charge in [-0.2, -0.15) is 0 Å². The van der Waals surface area contributed by atoms with Crippen molar-refractivity contribution in [3.63, 3.8) is 0 Å². The lowest BCUT2D eigenvalue weighted by molar-refractivity contribution is 0.0986. The first-order valence-corrected chi connectivity index (χ1v) is 10.2. The average Bonchev–Trinajstić information content (AvgIpc) is 3.29. The number of para-hydroxylation sites is 1. The summed E-state index contributed by atoms with van der Waals surface area (Å²) in [7, 11) is 0. The van der Waals surface area contributed by atoms with Crippen LogP contribution in [-0.4, -0.2) is 24.9 Å². The van der Waals surface area contributed by atoms with E-state index in [1.807, 2.05) is 36.4 Å². The number of hydrogen-bond donors (Lipinski definition) is 0. The molecule has 0 fully saturated rings. The van der Waals surface area contributed by atoms with Crippen LogP contribution in [-0.2, 0) is 13.2 Å². The Balaban J connectivity index is 1.61. The van der Waals surface area contributed by atoms with Crippen LogP contribution < -0.4 is 10.3 Å². The predicted octanol–water partition coefficient (Wildman–Crippen LogP) is 3.99. The van der Waals surface area contributed by atoms with Gasteiger partial charge in [-0.25, -0.2) is 0 Å². The number of ether oxygens (including phenoxy) is 1. The zero-order valence-corrected chi connectivity index (χ0v) is 17.3. The number of nitrogens with zero attached hydrogens (tertiary/aromatic N) is 4. The molecular weight excluding hydrogens is 404 g/mol. The summed E-state index contributed by atoms with van der Waals surface area (Å²) in [6.45, 7) is 4.46. The third kappa shape index (κ3) is 2.65. The first-order chi connectivity index (χ1) is 14.5. The SMILES string of the molecule is CCn1c(=O)c2ccccc2n2c(COc3ccc(Cl)c4c3C(=O)CC4C)nnc12. The predicted molar refractivity (Wildman–Crippen MR) is 114 cm³/mol. The van der Waals surface area contributed by atoms with E-state index in [4.69, 9.17) is 16.3 Å². The fourth-order valence-electron chi connectivity index (χ4n) is 4.28. The van der Waals surface area contributed by atoms with Gasteiger partial charge in [0.25, 0.3) is 5.56 Å². The molecule has 0 saturated carbocycles. The van der Waals surface area contributed by atoms with E-state index in [0.717, 1.165) is 11.1 Å². The van der Waals surface area contributed by atoms with Gasteiger partial charge in [-0.05, 0) is 42.7 Å². The monoisotopic (exact) mass is 422 g/mol. The third-order valence-electron chi connectivity index (χ3n) is 5.67. The molecule has 0 saturated heterocycles. The number of fused-ring (bicyclic) bond motifs is 4. The largest absolute Gasteiger partial charge is 0.485 e. The van der Waals surface area contributed by atoms with Crippen LogP contribution in [0.2, 0.25) is 5.02 Å². The maximum atomic E-state index is 12.8. The Morgan fingerprint density at radius 3 is 2.77 bits per heavy atom. The highest BCUT2D eigenvalue weighted by Gasteiger charge is 2.32. The molecule has 0 spiro atoms. The minimum atomic E-state index is -0.101. The van der Waals surface area contributed by atoms with Gasteiger partial charge in [0, 0.05) is 18.0 Å². The van der Waals surface area contributed by atoms with Crippen LogP contribution in [0.4, 0.5) is 0 Å². The Hall–Kier alpha value is -3.19. The highest BCUT2D eigenvalue weighted by atomic mass is 35.5. The van der Waals surface area contributed by atoms with Gasteiger partial charge in [0.15, 0.2) is 11.6 Å². The summed E-state index contributed by atoms with van der Waals surface area (Å²) in [5.41, 5.74) is 2.02. The van der Waals surface area contributed by atoms with Crippen molar-refractivity contribution >= 4 is 34.1 Å². The fraction of sp³-hybridized carbons (Fsp3) is 0.273. The van der Waals surface area contributed by atoms with Crippen LogP contribution >= 0.6 is 11.6 Å². The van der Waals surface area contributed by atoms with E-state index in [-0.39, 0.29) is 23.9 Å². The minimum Gasteiger partial charge on any atom is -0.485 e. The lowest BCUT2D eigenvalue weighted by Gasteiger charge is -2.13. The Kier molecular flexibility index (Phi) is 4.36. The summed E-state index contributed by atoms with van der Waals surface area (Å²) in [6.07, 6.45) is 0.427. The van der Waals surface area contributed by atoms with Crippen molar-refractivity contribution in [1.29, 1.82) is 0 Å². The van der Waals surface area contributed by atoms with Gasteiger partial charge in [0.2, 0.25) is 5.78 Å². The quantitative estimate of drug-likeness (QED) is 0.497. The molecule has 2 aromatic carbocycles. The lowest BCUT2D eigenvalue weighted by atomic mass is 10.0. The Morgan fingerprint density at radius 2 is 1.97 bits per heavy atom. The first kappa shape index (κ1) is 18.8. The molecule has 2 heterocycles. The second-order valence-corrected chi connectivity index (χ2v) is 7.88. The third-order valence-corrected chi connectivity index (χ3v) is 5.99. The molecule has 1 aliphatic rings. The van der Waals surface area contributed by atoms with Crippen molar-refractivity contribution in [2.75, 3.05) is 0 Å². The molecule has 30 heavy (non-hydrogen) atoms. The molecule has 152 valence electrons. The summed E-state index contributed by atoms with van der Waals surface area (Å²) in [4.78, 5) is 25.3. The van der Waals surface area contributed by atoms with Crippen LogP contribution in [0.15, 0.2) is 41.2 Å². The first-order valence-electron chi connectivity index (χ1n) is 9.85. The second-order valence-electron chi connectivity index (χ2n) is 7.47. The summed E-state index contributed by atoms with van der Waals surface area (Å²) >= 11 is 6.33. The molecule has 2 aromatic heterocycles. The van der Waals surface area contributed by atoms with Crippen molar-refractivity contribution in [2.45, 2.75) is 39.3 Å². The summed E-state index contributed by atoms with van der Waals surface area (Å²) in [5, 5.41) is 9.68. The van der Waals surface area contributed by atoms with Crippen LogP contribution in [0, 0.1) is 0 Å². The molecule has 0 bridgehead atoms. The van der Waals surface area contributed by atoms with E-state index < -0.39 is 0 Å². The normalized spacial score (nSPS) is 15.8. The van der Waals surface area contributed by atoms with Crippen LogP contribution in [0.25, 0.3) is 16.7 Å². The van der Waals surface area contributed by atoms with Gasteiger partial charge < -0.3 is 4.74 Å². The number of rotatable bonds is 4. The second kappa shape index (κ2) is 6.95. The molecule has 8 heteroatoms. The lowest BCUT2D eigenvalue weighted by Crippen LogP contribution is -2.22. The Labute approximate surface area is 176 Å². The topological polar surface area (TPSA) is 78.5 Å². The molecule has 4 aromatic rings. The number of aryl methyl sites for hydroxylation is 1. The van der Waals surface area contributed by atoms with E-state index >= 15 is 0 Å². The maximum Gasteiger partial charge on any atom is 0.262 e. The van der Waals surface area contributed by atoms with E-state index in [0.29, 0.717) is 46.3 Å². The molecule has 0 aliphatic heterocycles. The Morgan fingerprint density at radius 1 is 1.17 bits per heavy atom.